The molecule has 0 bridgehead atoms. The van der Waals surface area contributed by atoms with Gasteiger partial charge in [0.2, 0.25) is 15.9 Å². The van der Waals surface area contributed by atoms with Gasteiger partial charge < -0.3 is 5.32 Å². The predicted octanol–water partition coefficient (Wildman–Crippen LogP) is 3.47. The Kier molecular flexibility index (Phi) is 7.02. The summed E-state index contributed by atoms with van der Waals surface area (Å²) in [7, 11) is -3.44. The van der Waals surface area contributed by atoms with Gasteiger partial charge in [-0.25, -0.2) is 8.42 Å². The minimum Gasteiger partial charge on any atom is -0.350 e. The Labute approximate surface area is 151 Å². The summed E-state index contributed by atoms with van der Waals surface area (Å²) in [6.07, 6.45) is 5.37. The molecule has 1 aliphatic rings. The van der Waals surface area contributed by atoms with Crippen LogP contribution in [0.4, 0.5) is 0 Å². The van der Waals surface area contributed by atoms with Crippen molar-refractivity contribution in [2.75, 3.05) is 13.1 Å². The van der Waals surface area contributed by atoms with Gasteiger partial charge in [0.1, 0.15) is 0 Å². The number of benzene rings is 1. The summed E-state index contributed by atoms with van der Waals surface area (Å²) in [5, 5.41) is 3.03. The van der Waals surface area contributed by atoms with Gasteiger partial charge in [-0.15, -0.1) is 0 Å². The first-order chi connectivity index (χ1) is 11.9. The smallest absolute Gasteiger partial charge is 0.243 e. The molecule has 0 heterocycles. The molecule has 0 aliphatic heterocycles. The van der Waals surface area contributed by atoms with Gasteiger partial charge >= 0.3 is 0 Å². The van der Waals surface area contributed by atoms with Crippen LogP contribution >= 0.6 is 0 Å². The number of nitrogens with one attached hydrogen (secondary N) is 1. The normalized spacial score (nSPS) is 17.0. The molecule has 1 aromatic carbocycles. The van der Waals surface area contributed by atoms with Gasteiger partial charge in [0.25, 0.3) is 0 Å². The van der Waals surface area contributed by atoms with Crippen molar-refractivity contribution >= 4 is 15.9 Å². The molecule has 0 saturated heterocycles. The fourth-order valence-electron chi connectivity index (χ4n) is 3.50. The zero-order valence-electron chi connectivity index (χ0n) is 15.5. The molecule has 140 valence electrons. The van der Waals surface area contributed by atoms with E-state index in [-0.39, 0.29) is 11.9 Å². The molecule has 1 atom stereocenters. The van der Waals surface area contributed by atoms with Crippen molar-refractivity contribution in [1.82, 2.24) is 9.62 Å². The number of rotatable bonds is 8. The minimum absolute atomic E-state index is 0.0826. The predicted molar refractivity (Wildman–Crippen MR) is 99.7 cm³/mol. The van der Waals surface area contributed by atoms with Crippen molar-refractivity contribution < 1.29 is 13.2 Å². The number of amides is 1. The number of nitrogens with zero attached hydrogens (tertiary/aromatic N) is 1. The van der Waals surface area contributed by atoms with Crippen molar-refractivity contribution in [1.29, 1.82) is 0 Å². The van der Waals surface area contributed by atoms with Crippen molar-refractivity contribution in [3.05, 3.63) is 29.8 Å². The molecular formula is C19H30N2O3S. The lowest BCUT2D eigenvalue weighted by molar-refractivity contribution is -0.122. The summed E-state index contributed by atoms with van der Waals surface area (Å²) in [5.74, 6) is 0.605. The van der Waals surface area contributed by atoms with Crippen LogP contribution in [0, 0.1) is 5.92 Å². The SMILES string of the molecule is CCN(CC)S(=O)(=O)c1ccc(C(C)NC(=O)CC2CCCC2)cc1. The third kappa shape index (κ3) is 5.05. The van der Waals surface area contributed by atoms with Gasteiger partial charge in [0, 0.05) is 19.5 Å². The van der Waals surface area contributed by atoms with Crippen LogP contribution in [0.3, 0.4) is 0 Å². The molecular weight excluding hydrogens is 336 g/mol. The van der Waals surface area contributed by atoms with E-state index in [1.807, 2.05) is 20.8 Å². The van der Waals surface area contributed by atoms with Crippen LogP contribution < -0.4 is 5.32 Å². The zero-order valence-corrected chi connectivity index (χ0v) is 16.3. The third-order valence-corrected chi connectivity index (χ3v) is 7.11. The van der Waals surface area contributed by atoms with Crippen LogP contribution in [0.15, 0.2) is 29.2 Å². The van der Waals surface area contributed by atoms with Crippen LogP contribution in [-0.4, -0.2) is 31.7 Å². The maximum absolute atomic E-state index is 12.5. The van der Waals surface area contributed by atoms with Crippen molar-refractivity contribution in [2.45, 2.75) is 63.8 Å². The Hall–Kier alpha value is -1.40. The molecule has 1 fully saturated rings. The Morgan fingerprint density at radius 2 is 1.72 bits per heavy atom. The number of hydrogen-bond acceptors (Lipinski definition) is 3. The number of carbonyl (C=O) groups excluding carboxylic acids is 1. The highest BCUT2D eigenvalue weighted by atomic mass is 32.2. The summed E-state index contributed by atoms with van der Waals surface area (Å²) < 4.78 is 26.4. The Balaban J connectivity index is 1.99. The van der Waals surface area contributed by atoms with Crippen LogP contribution in [0.5, 0.6) is 0 Å². The largest absolute Gasteiger partial charge is 0.350 e. The third-order valence-electron chi connectivity index (χ3n) is 5.05. The molecule has 1 aromatic rings. The van der Waals surface area contributed by atoms with Gasteiger partial charge in [0.05, 0.1) is 10.9 Å². The molecule has 0 spiro atoms. The summed E-state index contributed by atoms with van der Waals surface area (Å²) in [6, 6.07) is 6.71. The Morgan fingerprint density at radius 3 is 2.24 bits per heavy atom. The van der Waals surface area contributed by atoms with E-state index >= 15 is 0 Å². The van der Waals surface area contributed by atoms with E-state index in [0.717, 1.165) is 18.4 Å². The Morgan fingerprint density at radius 1 is 1.16 bits per heavy atom. The molecule has 0 aromatic heterocycles. The lowest BCUT2D eigenvalue weighted by Crippen LogP contribution is -2.30. The zero-order chi connectivity index (χ0) is 18.4. The highest BCUT2D eigenvalue weighted by molar-refractivity contribution is 7.89. The van der Waals surface area contributed by atoms with E-state index in [9.17, 15) is 13.2 Å². The van der Waals surface area contributed by atoms with E-state index < -0.39 is 10.0 Å². The summed E-state index contributed by atoms with van der Waals surface area (Å²) >= 11 is 0. The average Bonchev–Trinajstić information content (AvgIpc) is 3.08. The monoisotopic (exact) mass is 366 g/mol. The van der Waals surface area contributed by atoms with Crippen molar-refractivity contribution in [3.63, 3.8) is 0 Å². The van der Waals surface area contributed by atoms with Crippen molar-refractivity contribution in [2.24, 2.45) is 5.92 Å². The minimum atomic E-state index is -3.44. The summed E-state index contributed by atoms with van der Waals surface area (Å²) in [4.78, 5) is 12.5. The van der Waals surface area contributed by atoms with Gasteiger partial charge in [0.15, 0.2) is 0 Å². The number of sulfonamides is 1. The van der Waals surface area contributed by atoms with E-state index in [1.165, 1.54) is 17.1 Å². The first-order valence-electron chi connectivity index (χ1n) is 9.28. The highest BCUT2D eigenvalue weighted by Gasteiger charge is 2.22. The summed E-state index contributed by atoms with van der Waals surface area (Å²) in [5.41, 5.74) is 0.915. The maximum Gasteiger partial charge on any atom is 0.243 e. The lowest BCUT2D eigenvalue weighted by atomic mass is 10.0. The van der Waals surface area contributed by atoms with Gasteiger partial charge in [-0.05, 0) is 43.4 Å². The first-order valence-corrected chi connectivity index (χ1v) is 10.7. The second kappa shape index (κ2) is 8.81. The standard InChI is InChI=1S/C19H30N2O3S/c1-4-21(5-2)25(23,24)18-12-10-17(11-13-18)15(3)20-19(22)14-16-8-6-7-9-16/h10-13,15-16H,4-9,14H2,1-3H3,(H,20,22). The molecule has 2 rings (SSSR count). The quantitative estimate of drug-likeness (QED) is 0.766. The van der Waals surface area contributed by atoms with E-state index in [2.05, 4.69) is 5.32 Å². The average molecular weight is 367 g/mol. The molecule has 1 amide bonds. The second-order valence-electron chi connectivity index (χ2n) is 6.80. The number of hydrogen-bond donors (Lipinski definition) is 1. The fraction of sp³-hybridized carbons (Fsp3) is 0.632. The maximum atomic E-state index is 12.5. The Bertz CT molecular complexity index is 660. The molecule has 1 saturated carbocycles. The highest BCUT2D eigenvalue weighted by Crippen LogP contribution is 2.27. The summed E-state index contributed by atoms with van der Waals surface area (Å²) in [6.45, 7) is 6.50. The van der Waals surface area contributed by atoms with Crippen LogP contribution in [-0.2, 0) is 14.8 Å². The first kappa shape index (κ1) is 19.9. The topological polar surface area (TPSA) is 66.5 Å². The van der Waals surface area contributed by atoms with Crippen LogP contribution in [0.1, 0.15) is 64.5 Å². The molecule has 5 nitrogen and oxygen atoms in total. The van der Waals surface area contributed by atoms with Gasteiger partial charge in [-0.1, -0.05) is 38.8 Å². The molecule has 0 radical (unpaired) electrons. The lowest BCUT2D eigenvalue weighted by Gasteiger charge is -2.19. The fourth-order valence-corrected chi connectivity index (χ4v) is 4.96. The molecule has 25 heavy (non-hydrogen) atoms. The second-order valence-corrected chi connectivity index (χ2v) is 8.74. The van der Waals surface area contributed by atoms with E-state index in [1.54, 1.807) is 24.3 Å². The van der Waals surface area contributed by atoms with Gasteiger partial charge in [-0.2, -0.15) is 4.31 Å². The molecule has 1 aliphatic carbocycles. The molecule has 6 heteroatoms. The van der Waals surface area contributed by atoms with E-state index in [0.29, 0.717) is 30.3 Å². The van der Waals surface area contributed by atoms with Crippen LogP contribution in [0.25, 0.3) is 0 Å². The van der Waals surface area contributed by atoms with E-state index in [4.69, 9.17) is 0 Å². The van der Waals surface area contributed by atoms with Crippen molar-refractivity contribution in [3.8, 4) is 0 Å². The number of carbonyl (C=O) groups is 1. The molecule has 1 unspecified atom stereocenters. The van der Waals surface area contributed by atoms with Gasteiger partial charge in [-0.3, -0.25) is 4.79 Å². The molecule has 1 N–H and O–H groups in total. The van der Waals surface area contributed by atoms with Crippen LogP contribution in [0.2, 0.25) is 0 Å².